The van der Waals surface area contributed by atoms with Gasteiger partial charge in [-0.3, -0.25) is 4.90 Å². The first kappa shape index (κ1) is 14.4. The molecular weight excluding hydrogens is 238 g/mol. The van der Waals surface area contributed by atoms with Crippen molar-refractivity contribution >= 4 is 0 Å². The molecule has 0 saturated carbocycles. The Bertz CT molecular complexity index is 362. The summed E-state index contributed by atoms with van der Waals surface area (Å²) in [5, 5.41) is 0. The third-order valence-corrected chi connectivity index (χ3v) is 3.46. The molecule has 0 atom stereocenters. The Morgan fingerprint density at radius 2 is 2.00 bits per heavy atom. The molecular formula is C16H25NO2. The van der Waals surface area contributed by atoms with Gasteiger partial charge in [0, 0.05) is 13.1 Å². The summed E-state index contributed by atoms with van der Waals surface area (Å²) in [5.74, 6) is 1.06. The third kappa shape index (κ3) is 4.84. The molecule has 0 radical (unpaired) electrons. The summed E-state index contributed by atoms with van der Waals surface area (Å²) in [7, 11) is 0. The maximum atomic E-state index is 5.80. The van der Waals surface area contributed by atoms with Gasteiger partial charge in [-0.15, -0.1) is 0 Å². The first-order chi connectivity index (χ1) is 9.40. The van der Waals surface area contributed by atoms with Gasteiger partial charge in [-0.05, 0) is 37.4 Å². The molecule has 0 unspecified atom stereocenters. The normalized spacial score (nSPS) is 16.5. The molecule has 1 fully saturated rings. The first-order valence-corrected chi connectivity index (χ1v) is 7.41. The van der Waals surface area contributed by atoms with Crippen LogP contribution in [-0.2, 0) is 11.2 Å². The Kier molecular flexibility index (Phi) is 6.18. The SMILES string of the molecule is CCCOc1ccccc1CCCN1CCOCC1. The molecule has 1 heterocycles. The average molecular weight is 263 g/mol. The number of ether oxygens (including phenoxy) is 2. The monoisotopic (exact) mass is 263 g/mol. The van der Waals surface area contributed by atoms with E-state index in [4.69, 9.17) is 9.47 Å². The number of aryl methyl sites for hydroxylation is 1. The zero-order valence-corrected chi connectivity index (χ0v) is 11.9. The smallest absolute Gasteiger partial charge is 0.122 e. The zero-order chi connectivity index (χ0) is 13.3. The Hall–Kier alpha value is -1.06. The molecule has 19 heavy (non-hydrogen) atoms. The van der Waals surface area contributed by atoms with E-state index in [-0.39, 0.29) is 0 Å². The lowest BCUT2D eigenvalue weighted by Crippen LogP contribution is -2.36. The number of para-hydroxylation sites is 1. The molecule has 1 saturated heterocycles. The molecule has 0 amide bonds. The minimum atomic E-state index is 0.806. The van der Waals surface area contributed by atoms with Gasteiger partial charge in [-0.2, -0.15) is 0 Å². The molecule has 1 aliphatic heterocycles. The van der Waals surface area contributed by atoms with E-state index in [0.717, 1.165) is 58.0 Å². The van der Waals surface area contributed by atoms with E-state index in [1.54, 1.807) is 0 Å². The van der Waals surface area contributed by atoms with Crippen LogP contribution in [0.5, 0.6) is 5.75 Å². The van der Waals surface area contributed by atoms with Gasteiger partial charge >= 0.3 is 0 Å². The third-order valence-electron chi connectivity index (χ3n) is 3.46. The van der Waals surface area contributed by atoms with Crippen LogP contribution in [-0.4, -0.2) is 44.4 Å². The summed E-state index contributed by atoms with van der Waals surface area (Å²) in [4.78, 5) is 2.49. The number of morpholine rings is 1. The van der Waals surface area contributed by atoms with Gasteiger partial charge in [-0.25, -0.2) is 0 Å². The van der Waals surface area contributed by atoms with Gasteiger partial charge in [0.1, 0.15) is 5.75 Å². The van der Waals surface area contributed by atoms with Crippen molar-refractivity contribution in [1.82, 2.24) is 4.90 Å². The second kappa shape index (κ2) is 8.18. The molecule has 1 aromatic rings. The molecule has 0 spiro atoms. The second-order valence-electron chi connectivity index (χ2n) is 5.01. The van der Waals surface area contributed by atoms with E-state index in [1.807, 2.05) is 0 Å². The van der Waals surface area contributed by atoms with Crippen LogP contribution in [0.15, 0.2) is 24.3 Å². The number of hydrogen-bond acceptors (Lipinski definition) is 3. The van der Waals surface area contributed by atoms with Gasteiger partial charge in [0.05, 0.1) is 19.8 Å². The fourth-order valence-electron chi connectivity index (χ4n) is 2.38. The van der Waals surface area contributed by atoms with Gasteiger partial charge in [0.2, 0.25) is 0 Å². The van der Waals surface area contributed by atoms with Gasteiger partial charge in [0.25, 0.3) is 0 Å². The van der Waals surface area contributed by atoms with Gasteiger partial charge in [0.15, 0.2) is 0 Å². The summed E-state index contributed by atoms with van der Waals surface area (Å²) in [6.45, 7) is 8.03. The topological polar surface area (TPSA) is 21.7 Å². The highest BCUT2D eigenvalue weighted by Gasteiger charge is 2.10. The lowest BCUT2D eigenvalue weighted by molar-refractivity contribution is 0.0374. The van der Waals surface area contributed by atoms with Gasteiger partial charge in [-0.1, -0.05) is 25.1 Å². The maximum absolute atomic E-state index is 5.80. The van der Waals surface area contributed by atoms with E-state index < -0.39 is 0 Å². The molecule has 1 aliphatic rings. The zero-order valence-electron chi connectivity index (χ0n) is 11.9. The summed E-state index contributed by atoms with van der Waals surface area (Å²) in [5.41, 5.74) is 1.34. The van der Waals surface area contributed by atoms with E-state index >= 15 is 0 Å². The lowest BCUT2D eigenvalue weighted by atomic mass is 10.1. The molecule has 3 heteroatoms. The van der Waals surface area contributed by atoms with E-state index in [0.29, 0.717) is 0 Å². The summed E-state index contributed by atoms with van der Waals surface area (Å²) in [6, 6.07) is 8.42. The largest absolute Gasteiger partial charge is 0.493 e. The Morgan fingerprint density at radius 3 is 2.79 bits per heavy atom. The lowest BCUT2D eigenvalue weighted by Gasteiger charge is -2.26. The predicted octanol–water partition coefficient (Wildman–Crippen LogP) is 2.74. The van der Waals surface area contributed by atoms with Crippen molar-refractivity contribution < 1.29 is 9.47 Å². The molecule has 3 nitrogen and oxygen atoms in total. The van der Waals surface area contributed by atoms with Crippen molar-refractivity contribution in [2.45, 2.75) is 26.2 Å². The minimum Gasteiger partial charge on any atom is -0.493 e. The maximum Gasteiger partial charge on any atom is 0.122 e. The first-order valence-electron chi connectivity index (χ1n) is 7.41. The van der Waals surface area contributed by atoms with Crippen LogP contribution in [0.25, 0.3) is 0 Å². The van der Waals surface area contributed by atoms with Crippen molar-refractivity contribution in [3.05, 3.63) is 29.8 Å². The van der Waals surface area contributed by atoms with Crippen LogP contribution in [0.2, 0.25) is 0 Å². The highest BCUT2D eigenvalue weighted by molar-refractivity contribution is 5.33. The van der Waals surface area contributed by atoms with Crippen LogP contribution in [0.4, 0.5) is 0 Å². The summed E-state index contributed by atoms with van der Waals surface area (Å²) in [6.07, 6.45) is 3.34. The van der Waals surface area contributed by atoms with Gasteiger partial charge < -0.3 is 9.47 Å². The molecule has 0 bridgehead atoms. The van der Waals surface area contributed by atoms with Crippen molar-refractivity contribution in [1.29, 1.82) is 0 Å². The predicted molar refractivity (Wildman–Crippen MR) is 77.8 cm³/mol. The second-order valence-corrected chi connectivity index (χ2v) is 5.01. The fourth-order valence-corrected chi connectivity index (χ4v) is 2.38. The molecule has 0 N–H and O–H groups in total. The standard InChI is InChI=1S/C16H25NO2/c1-2-12-19-16-8-4-3-6-15(16)7-5-9-17-10-13-18-14-11-17/h3-4,6,8H,2,5,7,9-14H2,1H3. The van der Waals surface area contributed by atoms with E-state index in [2.05, 4.69) is 36.1 Å². The fraction of sp³-hybridized carbons (Fsp3) is 0.625. The van der Waals surface area contributed by atoms with Crippen LogP contribution in [0.3, 0.4) is 0 Å². The summed E-state index contributed by atoms with van der Waals surface area (Å²) < 4.78 is 11.2. The highest BCUT2D eigenvalue weighted by Crippen LogP contribution is 2.20. The number of nitrogens with zero attached hydrogens (tertiary/aromatic N) is 1. The van der Waals surface area contributed by atoms with Crippen molar-refractivity contribution in [2.24, 2.45) is 0 Å². The molecule has 0 aromatic heterocycles. The molecule has 2 rings (SSSR count). The molecule has 1 aromatic carbocycles. The number of hydrogen-bond donors (Lipinski definition) is 0. The van der Waals surface area contributed by atoms with Crippen molar-refractivity contribution in [3.63, 3.8) is 0 Å². The van der Waals surface area contributed by atoms with Crippen LogP contribution in [0.1, 0.15) is 25.3 Å². The number of benzene rings is 1. The number of rotatable bonds is 7. The Labute approximate surface area is 116 Å². The van der Waals surface area contributed by atoms with Crippen molar-refractivity contribution in [2.75, 3.05) is 39.5 Å². The average Bonchev–Trinajstić information content (AvgIpc) is 2.47. The minimum absolute atomic E-state index is 0.806. The molecule has 106 valence electrons. The highest BCUT2D eigenvalue weighted by atomic mass is 16.5. The Morgan fingerprint density at radius 1 is 1.21 bits per heavy atom. The molecule has 0 aliphatic carbocycles. The van der Waals surface area contributed by atoms with Crippen molar-refractivity contribution in [3.8, 4) is 5.75 Å². The van der Waals surface area contributed by atoms with E-state index in [1.165, 1.54) is 12.0 Å². The van der Waals surface area contributed by atoms with Crippen LogP contribution in [0, 0.1) is 0 Å². The summed E-state index contributed by atoms with van der Waals surface area (Å²) >= 11 is 0. The quantitative estimate of drug-likeness (QED) is 0.755. The van der Waals surface area contributed by atoms with E-state index in [9.17, 15) is 0 Å². The van der Waals surface area contributed by atoms with Crippen LogP contribution >= 0.6 is 0 Å². The Balaban J connectivity index is 1.77. The van der Waals surface area contributed by atoms with Crippen LogP contribution < -0.4 is 4.74 Å².